The highest BCUT2D eigenvalue weighted by Crippen LogP contribution is 2.32. The number of benzene rings is 2. The molecule has 2 aromatic carbocycles. The van der Waals surface area contributed by atoms with Gasteiger partial charge in [-0.25, -0.2) is 4.39 Å². The Bertz CT molecular complexity index is 968. The molecule has 30 heavy (non-hydrogen) atoms. The third-order valence-electron chi connectivity index (χ3n) is 3.91. The van der Waals surface area contributed by atoms with Crippen LogP contribution in [-0.2, 0) is 18.9 Å². The Morgan fingerprint density at radius 2 is 1.93 bits per heavy atom. The van der Waals surface area contributed by atoms with Gasteiger partial charge < -0.3 is 5.32 Å². The number of halogens is 1. The van der Waals surface area contributed by atoms with Gasteiger partial charge in [0.1, 0.15) is 10.1 Å². The maximum absolute atomic E-state index is 13.0. The summed E-state index contributed by atoms with van der Waals surface area (Å²) in [5.41, 5.74) is 1.29. The van der Waals surface area contributed by atoms with Crippen LogP contribution in [0.1, 0.15) is 12.0 Å². The molecule has 1 fully saturated rings. The molecule has 0 aliphatic carbocycles. The minimum absolute atomic E-state index is 0.0803. The van der Waals surface area contributed by atoms with Crippen molar-refractivity contribution >= 4 is 63.9 Å². The number of thiocarbonyl (C=S) groups is 1. The maximum Gasteiger partial charge on any atom is 0.266 e. The second kappa shape index (κ2) is 10.7. The lowest BCUT2D eigenvalue weighted by Crippen LogP contribution is -2.31. The van der Waals surface area contributed by atoms with Gasteiger partial charge in [-0.3, -0.25) is 14.5 Å². The van der Waals surface area contributed by atoms with E-state index >= 15 is 0 Å². The van der Waals surface area contributed by atoms with Gasteiger partial charge >= 0.3 is 0 Å². The van der Waals surface area contributed by atoms with E-state index in [1.165, 1.54) is 17.0 Å². The molecule has 0 spiro atoms. The molecule has 1 heterocycles. The number of carbonyl (C=O) groups is 2. The van der Waals surface area contributed by atoms with Crippen molar-refractivity contribution in [3.63, 3.8) is 0 Å². The van der Waals surface area contributed by atoms with E-state index in [9.17, 15) is 14.0 Å². The Hall–Kier alpha value is -2.28. The van der Waals surface area contributed by atoms with E-state index in [1.807, 2.05) is 0 Å². The molecule has 2 aromatic rings. The van der Waals surface area contributed by atoms with E-state index in [0.29, 0.717) is 20.5 Å². The summed E-state index contributed by atoms with van der Waals surface area (Å²) in [4.78, 5) is 31.4. The fourth-order valence-electron chi connectivity index (χ4n) is 2.49. The summed E-state index contributed by atoms with van der Waals surface area (Å²) >= 11 is 7.35. The number of anilines is 1. The van der Waals surface area contributed by atoms with Crippen molar-refractivity contribution in [2.75, 3.05) is 11.9 Å². The summed E-state index contributed by atoms with van der Waals surface area (Å²) in [7, 11) is 0. The number of nitrogens with one attached hydrogen (secondary N) is 1. The van der Waals surface area contributed by atoms with Crippen LogP contribution in [0.3, 0.4) is 0 Å². The minimum Gasteiger partial charge on any atom is -0.326 e. The third-order valence-corrected chi connectivity index (χ3v) is 5.90. The molecule has 0 saturated carbocycles. The number of amides is 2. The zero-order valence-corrected chi connectivity index (χ0v) is 17.8. The molecule has 1 aliphatic heterocycles. The summed E-state index contributed by atoms with van der Waals surface area (Å²) in [6, 6.07) is 12.6. The molecule has 11 heteroatoms. The Kier molecular flexibility index (Phi) is 7.96. The van der Waals surface area contributed by atoms with Crippen LogP contribution in [0.2, 0.25) is 0 Å². The molecule has 1 saturated heterocycles. The number of hydrogen-bond donors (Lipinski definition) is 2. The molecule has 3 rings (SSSR count). The summed E-state index contributed by atoms with van der Waals surface area (Å²) in [5.74, 6) is 3.89. The van der Waals surface area contributed by atoms with Crippen LogP contribution in [0.15, 0.2) is 58.3 Å². The van der Waals surface area contributed by atoms with Gasteiger partial charge in [-0.2, -0.15) is 5.90 Å². The fraction of sp³-hybridized carbons (Fsp3) is 0.105. The number of hydrogen-bond acceptors (Lipinski definition) is 8. The molecular formula is C19H16FN3O4S3. The van der Waals surface area contributed by atoms with Crippen molar-refractivity contribution in [3.05, 3.63) is 64.8 Å². The SMILES string of the molecule is NOOSc1ccc(NC(=O)CCN2C(=O)/C(=C/c3ccc(F)cc3)SC2=S)cc1. The van der Waals surface area contributed by atoms with E-state index in [1.54, 1.807) is 42.5 Å². The van der Waals surface area contributed by atoms with E-state index in [2.05, 4.69) is 14.6 Å². The summed E-state index contributed by atoms with van der Waals surface area (Å²) < 4.78 is 17.9. The first-order chi connectivity index (χ1) is 14.5. The zero-order valence-electron chi connectivity index (χ0n) is 15.4. The predicted octanol–water partition coefficient (Wildman–Crippen LogP) is 3.88. The van der Waals surface area contributed by atoms with Crippen molar-refractivity contribution in [1.29, 1.82) is 0 Å². The molecule has 0 unspecified atom stereocenters. The van der Waals surface area contributed by atoms with Gasteiger partial charge in [0.05, 0.1) is 16.9 Å². The standard InChI is InChI=1S/C19H16FN3O4S3/c20-13-3-1-12(2-4-13)11-16-18(25)23(19(28)29-16)10-9-17(24)22-14-5-7-15(8-6-14)30-27-26-21/h1-8,11H,9-10,21H2,(H,22,24)/b16-11-. The monoisotopic (exact) mass is 465 g/mol. The van der Waals surface area contributed by atoms with Gasteiger partial charge in [0.15, 0.2) is 0 Å². The minimum atomic E-state index is -0.350. The highest BCUT2D eigenvalue weighted by Gasteiger charge is 2.32. The summed E-state index contributed by atoms with van der Waals surface area (Å²) in [5, 5.41) is 2.75. The van der Waals surface area contributed by atoms with E-state index in [4.69, 9.17) is 18.1 Å². The normalized spacial score (nSPS) is 15.1. The quantitative estimate of drug-likeness (QED) is 0.199. The second-order valence-electron chi connectivity index (χ2n) is 5.96. The molecular weight excluding hydrogens is 449 g/mol. The van der Waals surface area contributed by atoms with Gasteiger partial charge in [-0.1, -0.05) is 36.1 Å². The Morgan fingerprint density at radius 3 is 2.60 bits per heavy atom. The molecule has 0 atom stereocenters. The van der Waals surface area contributed by atoms with Gasteiger partial charge in [0.2, 0.25) is 5.91 Å². The van der Waals surface area contributed by atoms with Gasteiger partial charge in [0, 0.05) is 23.5 Å². The Balaban J connectivity index is 1.53. The summed E-state index contributed by atoms with van der Waals surface area (Å²) in [6.45, 7) is 0.160. The second-order valence-corrected chi connectivity index (χ2v) is 8.40. The molecule has 3 N–H and O–H groups in total. The molecule has 0 bridgehead atoms. The maximum atomic E-state index is 13.0. The predicted molar refractivity (Wildman–Crippen MR) is 118 cm³/mol. The molecule has 7 nitrogen and oxygen atoms in total. The molecule has 1 aliphatic rings. The van der Waals surface area contributed by atoms with E-state index < -0.39 is 0 Å². The van der Waals surface area contributed by atoms with Crippen LogP contribution in [-0.4, -0.2) is 27.6 Å². The smallest absolute Gasteiger partial charge is 0.266 e. The molecule has 0 radical (unpaired) electrons. The Labute approximate surface area is 185 Å². The van der Waals surface area contributed by atoms with E-state index in [0.717, 1.165) is 28.7 Å². The molecule has 2 amide bonds. The van der Waals surface area contributed by atoms with Gasteiger partial charge in [0.25, 0.3) is 5.91 Å². The highest BCUT2D eigenvalue weighted by atomic mass is 32.2. The topological polar surface area (TPSA) is 93.9 Å². The van der Waals surface area contributed by atoms with Crippen molar-refractivity contribution < 1.29 is 23.3 Å². The number of thioether (sulfide) groups is 1. The zero-order chi connectivity index (χ0) is 21.5. The highest BCUT2D eigenvalue weighted by molar-refractivity contribution is 8.26. The van der Waals surface area contributed by atoms with Crippen molar-refractivity contribution in [2.24, 2.45) is 5.90 Å². The largest absolute Gasteiger partial charge is 0.326 e. The summed E-state index contributed by atoms with van der Waals surface area (Å²) in [6.07, 6.45) is 1.73. The average Bonchev–Trinajstić information content (AvgIpc) is 3.00. The lowest BCUT2D eigenvalue weighted by atomic mass is 10.2. The van der Waals surface area contributed by atoms with Crippen LogP contribution in [0, 0.1) is 5.82 Å². The van der Waals surface area contributed by atoms with Crippen LogP contribution in [0.4, 0.5) is 10.1 Å². The third kappa shape index (κ3) is 6.11. The lowest BCUT2D eigenvalue weighted by Gasteiger charge is -2.14. The van der Waals surface area contributed by atoms with Gasteiger partial charge in [-0.05, 0) is 48.0 Å². The molecule has 156 valence electrons. The average molecular weight is 466 g/mol. The first-order valence-electron chi connectivity index (χ1n) is 8.57. The van der Waals surface area contributed by atoms with Gasteiger partial charge in [-0.15, -0.1) is 9.32 Å². The van der Waals surface area contributed by atoms with Crippen molar-refractivity contribution in [1.82, 2.24) is 4.90 Å². The number of nitrogens with zero attached hydrogens (tertiary/aromatic N) is 1. The van der Waals surface area contributed by atoms with Crippen molar-refractivity contribution in [2.45, 2.75) is 11.3 Å². The van der Waals surface area contributed by atoms with Crippen LogP contribution in [0.5, 0.6) is 0 Å². The number of rotatable bonds is 8. The number of nitrogens with two attached hydrogens (primary N) is 1. The van der Waals surface area contributed by atoms with Crippen LogP contribution >= 0.6 is 36.0 Å². The van der Waals surface area contributed by atoms with Crippen LogP contribution < -0.4 is 11.2 Å². The van der Waals surface area contributed by atoms with Crippen molar-refractivity contribution in [3.8, 4) is 0 Å². The first-order valence-corrected chi connectivity index (χ1v) is 10.5. The van der Waals surface area contributed by atoms with E-state index in [-0.39, 0.29) is 30.6 Å². The van der Waals surface area contributed by atoms with Crippen LogP contribution in [0.25, 0.3) is 6.08 Å². The Morgan fingerprint density at radius 1 is 1.23 bits per heavy atom. The number of carbonyl (C=O) groups excluding carboxylic acids is 2. The lowest BCUT2D eigenvalue weighted by molar-refractivity contribution is -0.195. The molecule has 0 aromatic heterocycles. The fourth-order valence-corrected chi connectivity index (χ4v) is 4.17. The first kappa shape index (κ1) is 22.4.